The number of amides is 1. The zero-order valence-electron chi connectivity index (χ0n) is 26.6. The fourth-order valence-electron chi connectivity index (χ4n) is 5.95. The number of hydrogen-bond acceptors (Lipinski definition) is 6. The van der Waals surface area contributed by atoms with Crippen molar-refractivity contribution in [2.24, 2.45) is 0 Å². The lowest BCUT2D eigenvalue weighted by atomic mass is 10.1. The summed E-state index contributed by atoms with van der Waals surface area (Å²) in [5, 5.41) is 1.98. The maximum absolute atomic E-state index is 13.6. The van der Waals surface area contributed by atoms with Crippen LogP contribution in [0, 0.1) is 0 Å². The monoisotopic (exact) mass is 693 g/mol. The zero-order chi connectivity index (χ0) is 32.9. The molecule has 1 aliphatic rings. The van der Waals surface area contributed by atoms with Gasteiger partial charge in [0.05, 0.1) is 33.0 Å². The summed E-state index contributed by atoms with van der Waals surface area (Å²) in [6.45, 7) is 10.5. The maximum Gasteiger partial charge on any atom is 0.412 e. The molecule has 0 radical (unpaired) electrons. The number of hydrogen-bond donors (Lipinski definition) is 0. The summed E-state index contributed by atoms with van der Waals surface area (Å²) in [7, 11) is -1.32. The lowest BCUT2D eigenvalue weighted by molar-refractivity contribution is -0.0888. The van der Waals surface area contributed by atoms with E-state index in [-0.39, 0.29) is 18.3 Å². The molecule has 1 fully saturated rings. The van der Waals surface area contributed by atoms with Gasteiger partial charge in [-0.05, 0) is 47.0 Å². The number of methoxy groups -OCH3 is 1. The van der Waals surface area contributed by atoms with E-state index < -0.39 is 42.7 Å². The fraction of sp³-hybridized carbons (Fsp3) is 0.441. The molecule has 1 saturated heterocycles. The third-order valence-electron chi connectivity index (χ3n) is 7.93. The van der Waals surface area contributed by atoms with E-state index in [0.717, 1.165) is 21.7 Å². The second-order valence-electron chi connectivity index (χ2n) is 12.5. The first-order valence-corrected chi connectivity index (χ1v) is 17.9. The van der Waals surface area contributed by atoms with E-state index in [1.54, 1.807) is 12.0 Å². The Balaban J connectivity index is 1.68. The second kappa shape index (κ2) is 14.6. The average molecular weight is 695 g/mol. The number of benzene rings is 3. The number of carbonyl (C=O) groups excluding carboxylic acids is 1. The number of alkyl halides is 3. The minimum Gasteiger partial charge on any atom is -0.497 e. The Bertz CT molecular complexity index is 1340. The van der Waals surface area contributed by atoms with Crippen molar-refractivity contribution >= 4 is 59.6 Å². The third-order valence-corrected chi connectivity index (χ3v) is 13.3. The largest absolute Gasteiger partial charge is 0.497 e. The average Bonchev–Trinajstić information content (AvgIpc) is 3.25. The molecule has 45 heavy (non-hydrogen) atoms. The minimum absolute atomic E-state index is 0.163. The molecule has 0 aromatic heterocycles. The third kappa shape index (κ3) is 8.54. The van der Waals surface area contributed by atoms with Crippen molar-refractivity contribution in [3.05, 3.63) is 90.5 Å². The first-order chi connectivity index (χ1) is 21.2. The van der Waals surface area contributed by atoms with Gasteiger partial charge < -0.3 is 23.4 Å². The normalized spacial score (nSPS) is 18.6. The smallest absolute Gasteiger partial charge is 0.412 e. The molecule has 0 aliphatic carbocycles. The molecule has 0 N–H and O–H groups in total. The second-order valence-corrected chi connectivity index (χ2v) is 19.4. The van der Waals surface area contributed by atoms with Crippen molar-refractivity contribution in [1.29, 1.82) is 0 Å². The Kier molecular flexibility index (Phi) is 11.6. The molecule has 0 saturated carbocycles. The van der Waals surface area contributed by atoms with Gasteiger partial charge in [-0.1, -0.05) is 128 Å². The van der Waals surface area contributed by atoms with Crippen LogP contribution in [0.5, 0.6) is 5.75 Å². The predicted molar refractivity (Wildman–Crippen MR) is 182 cm³/mol. The molecule has 3 aromatic rings. The number of nitrogens with zero attached hydrogens (tertiary/aromatic N) is 1. The van der Waals surface area contributed by atoms with Crippen LogP contribution < -0.4 is 15.1 Å². The van der Waals surface area contributed by atoms with Crippen LogP contribution in [0.15, 0.2) is 84.9 Å². The van der Waals surface area contributed by atoms with Crippen LogP contribution in [0.3, 0.4) is 0 Å². The van der Waals surface area contributed by atoms with Crippen molar-refractivity contribution in [2.45, 2.75) is 67.9 Å². The topological polar surface area (TPSA) is 66.5 Å². The summed E-state index contributed by atoms with van der Waals surface area (Å²) in [6.07, 6.45) is -1.20. The molecule has 2 atom stereocenters. The van der Waals surface area contributed by atoms with Gasteiger partial charge in [-0.3, -0.25) is 4.90 Å². The number of carbonyl (C=O) groups is 1. The molecule has 0 unspecified atom stereocenters. The maximum atomic E-state index is 13.6. The number of ether oxygens (including phenoxy) is 4. The van der Waals surface area contributed by atoms with Gasteiger partial charge in [-0.15, -0.1) is 0 Å². The van der Waals surface area contributed by atoms with E-state index in [1.807, 2.05) is 74.5 Å². The van der Waals surface area contributed by atoms with Crippen molar-refractivity contribution in [3.8, 4) is 5.75 Å². The van der Waals surface area contributed by atoms with Gasteiger partial charge in [0.15, 0.2) is 0 Å². The van der Waals surface area contributed by atoms with Crippen LogP contribution in [-0.2, 0) is 25.2 Å². The van der Waals surface area contributed by atoms with Crippen LogP contribution in [0.1, 0.15) is 40.2 Å². The highest BCUT2D eigenvalue weighted by molar-refractivity contribution is 6.99. The Morgan fingerprint density at radius 2 is 1.44 bits per heavy atom. The quantitative estimate of drug-likeness (QED) is 0.158. The van der Waals surface area contributed by atoms with E-state index in [4.69, 9.17) is 58.2 Å². The first kappa shape index (κ1) is 35.5. The molecule has 7 nitrogen and oxygen atoms in total. The molecule has 1 aliphatic heterocycles. The molecule has 0 bridgehead atoms. The van der Waals surface area contributed by atoms with Gasteiger partial charge in [0.2, 0.25) is 3.79 Å². The van der Waals surface area contributed by atoms with E-state index in [0.29, 0.717) is 6.61 Å². The van der Waals surface area contributed by atoms with Crippen molar-refractivity contribution < 1.29 is 28.2 Å². The molecule has 0 spiro atoms. The number of rotatable bonds is 11. The van der Waals surface area contributed by atoms with E-state index in [9.17, 15) is 4.79 Å². The highest BCUT2D eigenvalue weighted by atomic mass is 35.6. The number of halogens is 3. The lowest BCUT2D eigenvalue weighted by Gasteiger charge is -2.44. The molecule has 11 heteroatoms. The van der Waals surface area contributed by atoms with Crippen molar-refractivity contribution in [1.82, 2.24) is 4.90 Å². The van der Waals surface area contributed by atoms with Gasteiger partial charge in [0, 0.05) is 0 Å². The summed E-state index contributed by atoms with van der Waals surface area (Å²) >= 11 is 17.8. The van der Waals surface area contributed by atoms with E-state index >= 15 is 0 Å². The van der Waals surface area contributed by atoms with Crippen LogP contribution in [-0.4, -0.2) is 67.9 Å². The highest BCUT2D eigenvalue weighted by Crippen LogP contribution is 2.39. The molecule has 4 rings (SSSR count). The summed E-state index contributed by atoms with van der Waals surface area (Å²) in [5.41, 5.74) is -0.0784. The van der Waals surface area contributed by atoms with Gasteiger partial charge in [0.1, 0.15) is 24.2 Å². The predicted octanol–water partition coefficient (Wildman–Crippen LogP) is 7.10. The Morgan fingerprint density at radius 3 is 1.93 bits per heavy atom. The lowest BCUT2D eigenvalue weighted by Crippen LogP contribution is -2.67. The standard InChI is InChI=1S/C34H42Cl3NO6Si/c1-32(2,3)45(27-13-9-7-10-14-27,28-15-11-8-12-16-28)43-22-29-30(23-41-21-25-17-19-26(40-6)20-18-25)44-33(4,5)38(29)31(39)42-24-34(35,36)37/h7-20,29-30H,21-24H2,1-6H3/t29-,30-/m1/s1. The summed E-state index contributed by atoms with van der Waals surface area (Å²) in [4.78, 5) is 15.2. The SMILES string of the molecule is COc1ccc(COC[C@H]2OC(C)(C)N(C(=O)OCC(Cl)(Cl)Cl)[C@@H]2CO[Si](c2ccccc2)(c2ccccc2)C(C)(C)C)cc1. The van der Waals surface area contributed by atoms with Crippen LogP contribution in [0.4, 0.5) is 4.79 Å². The van der Waals surface area contributed by atoms with E-state index in [2.05, 4.69) is 45.0 Å². The Morgan fingerprint density at radius 1 is 0.889 bits per heavy atom. The van der Waals surface area contributed by atoms with Crippen molar-refractivity contribution in [2.75, 3.05) is 26.9 Å². The highest BCUT2D eigenvalue weighted by Gasteiger charge is 2.55. The van der Waals surface area contributed by atoms with E-state index in [1.165, 1.54) is 0 Å². The zero-order valence-corrected chi connectivity index (χ0v) is 29.9. The molecular weight excluding hydrogens is 653 g/mol. The van der Waals surface area contributed by atoms with Crippen molar-refractivity contribution in [3.63, 3.8) is 0 Å². The van der Waals surface area contributed by atoms with Crippen LogP contribution in [0.2, 0.25) is 5.04 Å². The summed E-state index contributed by atoms with van der Waals surface area (Å²) < 4.78 is 28.9. The van der Waals surface area contributed by atoms with Crippen LogP contribution >= 0.6 is 34.8 Å². The fourth-order valence-corrected chi connectivity index (χ4v) is 10.7. The molecule has 3 aromatic carbocycles. The summed E-state index contributed by atoms with van der Waals surface area (Å²) in [6, 6.07) is 27.7. The van der Waals surface area contributed by atoms with Gasteiger partial charge in [-0.2, -0.15) is 0 Å². The van der Waals surface area contributed by atoms with Crippen LogP contribution in [0.25, 0.3) is 0 Å². The minimum atomic E-state index is -2.95. The first-order valence-electron chi connectivity index (χ1n) is 14.8. The Hall–Kier alpha value is -2.30. The molecule has 1 heterocycles. The van der Waals surface area contributed by atoms with Gasteiger partial charge in [0.25, 0.3) is 8.32 Å². The molecular formula is C34H42Cl3NO6Si. The Labute approximate surface area is 282 Å². The molecule has 1 amide bonds. The van der Waals surface area contributed by atoms with Gasteiger partial charge >= 0.3 is 6.09 Å². The van der Waals surface area contributed by atoms with Gasteiger partial charge in [-0.25, -0.2) is 4.79 Å². The summed E-state index contributed by atoms with van der Waals surface area (Å²) in [5.74, 6) is 0.768. The molecule has 244 valence electrons.